The normalized spacial score (nSPS) is 20.0. The fraction of sp³-hybridized carbons (Fsp3) is 0.467. The van der Waals surface area contributed by atoms with Gasteiger partial charge in [0.25, 0.3) is 11.6 Å². The average Bonchev–Trinajstić information content (AvgIpc) is 2.95. The number of non-ortho nitro benzene ring substituents is 1. The number of amides is 1. The van der Waals surface area contributed by atoms with Gasteiger partial charge in [-0.2, -0.15) is 0 Å². The smallest absolute Gasteiger partial charge is 0.305 e. The molecule has 0 aromatic heterocycles. The number of hydrogen-bond acceptors (Lipinski definition) is 6. The predicted molar refractivity (Wildman–Crippen MR) is 82.1 cm³/mol. The maximum absolute atomic E-state index is 12.8. The number of carbonyl (C=O) groups is 2. The molecule has 9 nitrogen and oxygen atoms in total. The molecule has 2 atom stereocenters. The van der Waals surface area contributed by atoms with Gasteiger partial charge in [0.1, 0.15) is 5.75 Å². The molecule has 2 unspecified atom stereocenters. The lowest BCUT2D eigenvalue weighted by Gasteiger charge is -2.24. The topological polar surface area (TPSA) is 119 Å². The molecule has 1 aliphatic rings. The summed E-state index contributed by atoms with van der Waals surface area (Å²) in [5.74, 6) is -1.34. The van der Waals surface area contributed by atoms with E-state index in [9.17, 15) is 19.7 Å². The largest absolute Gasteiger partial charge is 0.496 e. The first-order valence-corrected chi connectivity index (χ1v) is 7.25. The highest BCUT2D eigenvalue weighted by atomic mass is 16.6. The molecule has 1 fully saturated rings. The van der Waals surface area contributed by atoms with Crippen molar-refractivity contribution in [3.8, 4) is 5.75 Å². The lowest BCUT2D eigenvalue weighted by Crippen LogP contribution is -2.37. The van der Waals surface area contributed by atoms with E-state index in [-0.39, 0.29) is 36.1 Å². The molecular formula is C15H18N2O7. The lowest BCUT2D eigenvalue weighted by molar-refractivity contribution is -0.384. The van der Waals surface area contributed by atoms with Crippen molar-refractivity contribution in [3.63, 3.8) is 0 Å². The molecular weight excluding hydrogens is 320 g/mol. The zero-order valence-electron chi connectivity index (χ0n) is 13.3. The number of nitrogens with zero attached hydrogens (tertiary/aromatic N) is 2. The van der Waals surface area contributed by atoms with Crippen molar-refractivity contribution in [2.45, 2.75) is 25.0 Å². The number of rotatable bonds is 6. The van der Waals surface area contributed by atoms with Crippen molar-refractivity contribution in [2.75, 3.05) is 20.8 Å². The van der Waals surface area contributed by atoms with E-state index in [1.54, 1.807) is 0 Å². The third-order valence-corrected chi connectivity index (χ3v) is 4.00. The molecule has 0 radical (unpaired) electrons. The van der Waals surface area contributed by atoms with Crippen LogP contribution in [0.1, 0.15) is 23.2 Å². The molecule has 9 heteroatoms. The maximum atomic E-state index is 12.8. The Hall–Kier alpha value is -2.68. The third kappa shape index (κ3) is 3.62. The van der Waals surface area contributed by atoms with E-state index in [0.29, 0.717) is 6.42 Å². The van der Waals surface area contributed by atoms with E-state index in [4.69, 9.17) is 14.6 Å². The number of hydrogen-bond donors (Lipinski definition) is 1. The second-order valence-corrected chi connectivity index (χ2v) is 5.44. The van der Waals surface area contributed by atoms with Crippen LogP contribution in [0.4, 0.5) is 5.69 Å². The quantitative estimate of drug-likeness (QED) is 0.613. The van der Waals surface area contributed by atoms with Gasteiger partial charge in [0.15, 0.2) is 0 Å². The van der Waals surface area contributed by atoms with Crippen molar-refractivity contribution >= 4 is 17.6 Å². The van der Waals surface area contributed by atoms with Crippen molar-refractivity contribution < 1.29 is 29.1 Å². The lowest BCUT2D eigenvalue weighted by atomic mass is 10.1. The van der Waals surface area contributed by atoms with Crippen LogP contribution in [0.5, 0.6) is 5.75 Å². The Morgan fingerprint density at radius 2 is 2.12 bits per heavy atom. The molecule has 1 heterocycles. The number of nitro groups is 1. The number of ether oxygens (including phenoxy) is 2. The van der Waals surface area contributed by atoms with Crippen LogP contribution in [0.2, 0.25) is 0 Å². The van der Waals surface area contributed by atoms with Gasteiger partial charge in [0.2, 0.25) is 0 Å². The molecule has 0 spiro atoms. The SMILES string of the molecule is COc1ccc([N+](=O)[O-])cc1C(=O)N1CC(OC)CC1CC(=O)O. The fourth-order valence-electron chi connectivity index (χ4n) is 2.82. The Balaban J connectivity index is 2.36. The van der Waals surface area contributed by atoms with Crippen LogP contribution in [0.15, 0.2) is 18.2 Å². The summed E-state index contributed by atoms with van der Waals surface area (Å²) in [5.41, 5.74) is -0.213. The van der Waals surface area contributed by atoms with Crippen molar-refractivity contribution in [1.29, 1.82) is 0 Å². The first kappa shape index (κ1) is 17.7. The van der Waals surface area contributed by atoms with Gasteiger partial charge < -0.3 is 19.5 Å². The molecule has 0 aliphatic carbocycles. The van der Waals surface area contributed by atoms with E-state index in [1.807, 2.05) is 0 Å². The van der Waals surface area contributed by atoms with Crippen LogP contribution in [-0.2, 0) is 9.53 Å². The summed E-state index contributed by atoms with van der Waals surface area (Å²) >= 11 is 0. The Bertz CT molecular complexity index is 661. The monoisotopic (exact) mass is 338 g/mol. The number of methoxy groups -OCH3 is 2. The Morgan fingerprint density at radius 1 is 1.42 bits per heavy atom. The average molecular weight is 338 g/mol. The van der Waals surface area contributed by atoms with Gasteiger partial charge in [-0.1, -0.05) is 0 Å². The summed E-state index contributed by atoms with van der Waals surface area (Å²) in [6.07, 6.45) is -0.0998. The Labute approximate surface area is 137 Å². The molecule has 130 valence electrons. The zero-order chi connectivity index (χ0) is 17.9. The molecule has 1 aromatic carbocycles. The van der Waals surface area contributed by atoms with Crippen LogP contribution < -0.4 is 4.74 Å². The first-order valence-electron chi connectivity index (χ1n) is 7.25. The molecule has 1 aromatic rings. The minimum absolute atomic E-state index is 0.0267. The van der Waals surface area contributed by atoms with Gasteiger partial charge in [-0.3, -0.25) is 19.7 Å². The predicted octanol–water partition coefficient (Wildman–Crippen LogP) is 1.31. The van der Waals surface area contributed by atoms with Crippen molar-refractivity contribution in [1.82, 2.24) is 4.90 Å². The minimum atomic E-state index is -1.03. The highest BCUT2D eigenvalue weighted by Gasteiger charge is 2.38. The summed E-state index contributed by atoms with van der Waals surface area (Å²) in [5, 5.41) is 20.0. The Morgan fingerprint density at radius 3 is 2.67 bits per heavy atom. The van der Waals surface area contributed by atoms with Gasteiger partial charge in [0, 0.05) is 31.8 Å². The second-order valence-electron chi connectivity index (χ2n) is 5.44. The summed E-state index contributed by atoms with van der Waals surface area (Å²) in [6.45, 7) is 0.221. The number of aliphatic carboxylic acids is 1. The van der Waals surface area contributed by atoms with E-state index in [0.717, 1.165) is 6.07 Å². The molecule has 1 N–H and O–H groups in total. The number of likely N-dealkylation sites (tertiary alicyclic amines) is 1. The molecule has 1 amide bonds. The maximum Gasteiger partial charge on any atom is 0.305 e. The minimum Gasteiger partial charge on any atom is -0.496 e. The van der Waals surface area contributed by atoms with Crippen LogP contribution >= 0.6 is 0 Å². The van der Waals surface area contributed by atoms with Gasteiger partial charge >= 0.3 is 5.97 Å². The van der Waals surface area contributed by atoms with Crippen molar-refractivity contribution in [2.24, 2.45) is 0 Å². The van der Waals surface area contributed by atoms with E-state index >= 15 is 0 Å². The highest BCUT2D eigenvalue weighted by molar-refractivity contribution is 5.98. The first-order chi connectivity index (χ1) is 11.4. The number of benzene rings is 1. The van der Waals surface area contributed by atoms with Gasteiger partial charge in [-0.05, 0) is 12.5 Å². The van der Waals surface area contributed by atoms with Crippen molar-refractivity contribution in [3.05, 3.63) is 33.9 Å². The molecule has 0 bridgehead atoms. The number of carbonyl (C=O) groups excluding carboxylic acids is 1. The van der Waals surface area contributed by atoms with E-state index < -0.39 is 22.8 Å². The number of carboxylic acid groups (broad SMARTS) is 1. The fourth-order valence-corrected chi connectivity index (χ4v) is 2.82. The van der Waals surface area contributed by atoms with Crippen LogP contribution in [0.25, 0.3) is 0 Å². The molecule has 1 aliphatic heterocycles. The van der Waals surface area contributed by atoms with E-state index in [1.165, 1.54) is 31.3 Å². The second kappa shape index (κ2) is 7.26. The Kier molecular flexibility index (Phi) is 5.35. The summed E-state index contributed by atoms with van der Waals surface area (Å²) in [4.78, 5) is 35.6. The summed E-state index contributed by atoms with van der Waals surface area (Å²) in [6, 6.07) is 3.19. The number of nitro benzene ring substituents is 1. The number of carboxylic acids is 1. The molecule has 2 rings (SSSR count). The van der Waals surface area contributed by atoms with E-state index in [2.05, 4.69) is 0 Å². The highest BCUT2D eigenvalue weighted by Crippen LogP contribution is 2.30. The van der Waals surface area contributed by atoms with Gasteiger partial charge in [-0.25, -0.2) is 0 Å². The van der Waals surface area contributed by atoms with Gasteiger partial charge in [-0.15, -0.1) is 0 Å². The standard InChI is InChI=1S/C15H18N2O7/c1-23-11-5-10(7-14(18)19)16(8-11)15(20)12-6-9(17(21)22)3-4-13(12)24-2/h3-4,6,10-11H,5,7-8H2,1-2H3,(H,18,19). The van der Waals surface area contributed by atoms with Crippen LogP contribution in [0.3, 0.4) is 0 Å². The summed E-state index contributed by atoms with van der Waals surface area (Å²) < 4.78 is 10.3. The van der Waals surface area contributed by atoms with Crippen LogP contribution in [0, 0.1) is 10.1 Å². The molecule has 24 heavy (non-hydrogen) atoms. The molecule has 0 saturated carbocycles. The van der Waals surface area contributed by atoms with Gasteiger partial charge in [0.05, 0.1) is 30.1 Å². The third-order valence-electron chi connectivity index (χ3n) is 4.00. The van der Waals surface area contributed by atoms with Crippen LogP contribution in [-0.4, -0.2) is 59.7 Å². The zero-order valence-corrected chi connectivity index (χ0v) is 13.3. The molecule has 1 saturated heterocycles. The summed E-state index contributed by atoms with van der Waals surface area (Å²) in [7, 11) is 2.85.